The molecule has 0 atom stereocenters. The van der Waals surface area contributed by atoms with Gasteiger partial charge in [0, 0.05) is 49.9 Å². The van der Waals surface area contributed by atoms with Crippen LogP contribution in [0.2, 0.25) is 0 Å². The van der Waals surface area contributed by atoms with E-state index in [4.69, 9.17) is 4.74 Å². The molecular formula is C23H25Cl2N3O5S. The number of para-hydroxylation sites is 1. The first kappa shape index (κ1) is 26.1. The molecule has 2 N–H and O–H groups in total. The minimum absolute atomic E-state index is 0. The highest BCUT2D eigenvalue weighted by Gasteiger charge is 2.32. The van der Waals surface area contributed by atoms with E-state index in [1.54, 1.807) is 30.3 Å². The number of halogens is 2. The van der Waals surface area contributed by atoms with Crippen molar-refractivity contribution >= 4 is 57.6 Å². The average Bonchev–Trinajstić information content (AvgIpc) is 3.30. The molecule has 182 valence electrons. The summed E-state index contributed by atoms with van der Waals surface area (Å²) in [5.74, 6) is 0.262. The molecule has 2 aromatic carbocycles. The third kappa shape index (κ3) is 4.67. The van der Waals surface area contributed by atoms with Crippen LogP contribution in [0.5, 0.6) is 11.5 Å². The summed E-state index contributed by atoms with van der Waals surface area (Å²) in [4.78, 5) is 15.3. The molecule has 34 heavy (non-hydrogen) atoms. The smallest absolute Gasteiger partial charge is 0.236 e. The molecule has 0 radical (unpaired) electrons. The Hall–Kier alpha value is -2.56. The van der Waals surface area contributed by atoms with Gasteiger partial charge in [-0.3, -0.25) is 9.69 Å². The fourth-order valence-electron chi connectivity index (χ4n) is 4.25. The van der Waals surface area contributed by atoms with Crippen molar-refractivity contribution in [3.63, 3.8) is 0 Å². The van der Waals surface area contributed by atoms with Gasteiger partial charge in [-0.15, -0.1) is 24.8 Å². The molecule has 1 aromatic heterocycles. The van der Waals surface area contributed by atoms with E-state index in [0.29, 0.717) is 39.9 Å². The van der Waals surface area contributed by atoms with Crippen LogP contribution >= 0.6 is 24.8 Å². The highest BCUT2D eigenvalue weighted by molar-refractivity contribution is 7.89. The molecule has 0 aliphatic carbocycles. The van der Waals surface area contributed by atoms with Gasteiger partial charge in [0.05, 0.1) is 22.9 Å². The van der Waals surface area contributed by atoms with Crippen LogP contribution in [0.15, 0.2) is 48.4 Å². The van der Waals surface area contributed by atoms with E-state index in [1.807, 2.05) is 6.07 Å². The number of Topliss-reactive ketones (excluding diaryl/α,β-unsaturated/α-hetero) is 1. The summed E-state index contributed by atoms with van der Waals surface area (Å²) in [6.45, 7) is 3.89. The van der Waals surface area contributed by atoms with Gasteiger partial charge >= 0.3 is 0 Å². The zero-order valence-corrected chi connectivity index (χ0v) is 20.8. The Kier molecular flexibility index (Phi) is 7.64. The SMILES string of the molecule is CS(=O)(=O)n1cc(C=C2Oc3c(ccc(O)c3CN3CCNCC3)C2=O)c2ccccc21.Cl.Cl. The van der Waals surface area contributed by atoms with E-state index in [2.05, 4.69) is 10.2 Å². The minimum atomic E-state index is -3.52. The number of benzene rings is 2. The number of aromatic nitrogens is 1. The molecule has 0 saturated carbocycles. The van der Waals surface area contributed by atoms with Crippen LogP contribution in [-0.2, 0) is 16.6 Å². The fourth-order valence-corrected chi connectivity index (χ4v) is 5.07. The number of hydrogen-bond acceptors (Lipinski definition) is 7. The van der Waals surface area contributed by atoms with Gasteiger partial charge in [-0.25, -0.2) is 12.4 Å². The zero-order valence-electron chi connectivity index (χ0n) is 18.4. The van der Waals surface area contributed by atoms with Gasteiger partial charge in [0.25, 0.3) is 0 Å². The van der Waals surface area contributed by atoms with Crippen molar-refractivity contribution in [2.45, 2.75) is 6.54 Å². The number of ether oxygens (including phenoxy) is 1. The van der Waals surface area contributed by atoms with Gasteiger partial charge in [0.1, 0.15) is 11.5 Å². The summed E-state index contributed by atoms with van der Waals surface area (Å²) in [7, 11) is -3.52. The van der Waals surface area contributed by atoms with Crippen LogP contribution in [0.4, 0.5) is 0 Å². The number of carbonyl (C=O) groups is 1. The molecule has 0 spiro atoms. The van der Waals surface area contributed by atoms with E-state index in [-0.39, 0.29) is 42.1 Å². The maximum Gasteiger partial charge on any atom is 0.236 e. The summed E-state index contributed by atoms with van der Waals surface area (Å²) in [5, 5.41) is 14.5. The highest BCUT2D eigenvalue weighted by atomic mass is 35.5. The van der Waals surface area contributed by atoms with E-state index in [1.165, 1.54) is 16.2 Å². The van der Waals surface area contributed by atoms with Crippen LogP contribution in [0.3, 0.4) is 0 Å². The zero-order chi connectivity index (χ0) is 22.5. The molecule has 0 unspecified atom stereocenters. The molecule has 3 heterocycles. The quantitative estimate of drug-likeness (QED) is 0.504. The first-order chi connectivity index (χ1) is 15.3. The van der Waals surface area contributed by atoms with Crippen LogP contribution < -0.4 is 10.1 Å². The first-order valence-corrected chi connectivity index (χ1v) is 12.2. The molecule has 1 fully saturated rings. The normalized spacial score (nSPS) is 17.2. The van der Waals surface area contributed by atoms with Crippen molar-refractivity contribution in [1.82, 2.24) is 14.2 Å². The predicted molar refractivity (Wildman–Crippen MR) is 136 cm³/mol. The predicted octanol–water partition coefficient (Wildman–Crippen LogP) is 3.02. The number of aromatic hydroxyl groups is 1. The second kappa shape index (κ2) is 9.97. The number of ketones is 1. The van der Waals surface area contributed by atoms with Crippen molar-refractivity contribution in [3.05, 3.63) is 65.0 Å². The molecule has 0 bridgehead atoms. The van der Waals surface area contributed by atoms with Crippen molar-refractivity contribution < 1.29 is 23.1 Å². The molecule has 2 aliphatic rings. The third-order valence-electron chi connectivity index (χ3n) is 5.86. The fraction of sp³-hybridized carbons (Fsp3) is 0.261. The molecule has 0 amide bonds. The Bertz CT molecular complexity index is 1380. The number of piperazine rings is 1. The average molecular weight is 526 g/mol. The topological polar surface area (TPSA) is 101 Å². The van der Waals surface area contributed by atoms with Gasteiger partial charge in [0.2, 0.25) is 15.8 Å². The Morgan fingerprint density at radius 1 is 1.12 bits per heavy atom. The lowest BCUT2D eigenvalue weighted by Gasteiger charge is -2.27. The number of allylic oxidation sites excluding steroid dienone is 1. The number of fused-ring (bicyclic) bond motifs is 2. The van der Waals surface area contributed by atoms with Crippen molar-refractivity contribution in [2.75, 3.05) is 32.4 Å². The lowest BCUT2D eigenvalue weighted by atomic mass is 10.0. The number of rotatable bonds is 4. The summed E-state index contributed by atoms with van der Waals surface area (Å²) in [5.41, 5.74) is 2.07. The van der Waals surface area contributed by atoms with Crippen molar-refractivity contribution in [1.29, 1.82) is 0 Å². The maximum absolute atomic E-state index is 13.1. The van der Waals surface area contributed by atoms with Crippen LogP contribution in [0, 0.1) is 0 Å². The first-order valence-electron chi connectivity index (χ1n) is 10.4. The van der Waals surface area contributed by atoms with Crippen LogP contribution in [-0.4, -0.2) is 60.6 Å². The van der Waals surface area contributed by atoms with Crippen molar-refractivity contribution in [3.8, 4) is 11.5 Å². The number of nitrogens with zero attached hydrogens (tertiary/aromatic N) is 2. The summed E-state index contributed by atoms with van der Waals surface area (Å²) in [6, 6.07) is 10.2. The molecule has 11 heteroatoms. The van der Waals surface area contributed by atoms with Crippen LogP contribution in [0.25, 0.3) is 17.0 Å². The lowest BCUT2D eigenvalue weighted by molar-refractivity contribution is 0.101. The van der Waals surface area contributed by atoms with E-state index in [9.17, 15) is 18.3 Å². The number of carbonyl (C=O) groups excluding carboxylic acids is 1. The Morgan fingerprint density at radius 3 is 2.53 bits per heavy atom. The molecular weight excluding hydrogens is 501 g/mol. The second-order valence-corrected chi connectivity index (χ2v) is 9.93. The second-order valence-electron chi connectivity index (χ2n) is 8.07. The standard InChI is InChI=1S/C23H23N3O5S.2ClH/c1-32(29,30)26-13-15(16-4-2-3-5-19(16)26)12-21-22(28)17-6-7-20(27)18(23(17)31-21)14-25-10-8-24-9-11-25;;/h2-7,12-13,24,27H,8-11,14H2,1H3;2*1H. The number of phenolic OH excluding ortho intramolecular Hbond substituents is 1. The van der Waals surface area contributed by atoms with Crippen LogP contribution in [0.1, 0.15) is 21.5 Å². The maximum atomic E-state index is 13.1. The van der Waals surface area contributed by atoms with Gasteiger partial charge in [0.15, 0.2) is 5.76 Å². The number of nitrogens with one attached hydrogen (secondary N) is 1. The molecule has 8 nitrogen and oxygen atoms in total. The molecule has 2 aliphatic heterocycles. The lowest BCUT2D eigenvalue weighted by Crippen LogP contribution is -2.42. The highest BCUT2D eigenvalue weighted by Crippen LogP contribution is 2.40. The Labute approximate surface area is 210 Å². The van der Waals surface area contributed by atoms with Gasteiger partial charge in [-0.1, -0.05) is 18.2 Å². The number of phenols is 1. The summed E-state index contributed by atoms with van der Waals surface area (Å²) in [6.07, 6.45) is 4.19. The van der Waals surface area contributed by atoms with E-state index < -0.39 is 10.0 Å². The Morgan fingerprint density at radius 2 is 1.82 bits per heavy atom. The number of hydrogen-bond donors (Lipinski definition) is 2. The largest absolute Gasteiger partial charge is 0.507 e. The summed E-state index contributed by atoms with van der Waals surface area (Å²) < 4.78 is 31.6. The van der Waals surface area contributed by atoms with Crippen molar-refractivity contribution in [2.24, 2.45) is 0 Å². The molecule has 1 saturated heterocycles. The Balaban J connectivity index is 0.00000162. The summed E-state index contributed by atoms with van der Waals surface area (Å²) >= 11 is 0. The van der Waals surface area contributed by atoms with Gasteiger partial charge in [-0.2, -0.15) is 0 Å². The van der Waals surface area contributed by atoms with E-state index in [0.717, 1.165) is 32.4 Å². The van der Waals surface area contributed by atoms with Gasteiger partial charge in [-0.05, 0) is 24.3 Å². The minimum Gasteiger partial charge on any atom is -0.507 e. The van der Waals surface area contributed by atoms with E-state index >= 15 is 0 Å². The molecule has 5 rings (SSSR count). The third-order valence-corrected chi connectivity index (χ3v) is 6.88. The van der Waals surface area contributed by atoms with Gasteiger partial charge < -0.3 is 15.2 Å². The monoisotopic (exact) mass is 525 g/mol. The molecule has 3 aromatic rings.